The molecule has 0 radical (unpaired) electrons. The van der Waals surface area contributed by atoms with Crippen molar-refractivity contribution in [3.05, 3.63) is 66.2 Å². The van der Waals surface area contributed by atoms with E-state index in [0.717, 1.165) is 18.4 Å². The van der Waals surface area contributed by atoms with E-state index in [4.69, 9.17) is 4.74 Å². The number of hydrogen-bond acceptors (Lipinski definition) is 3. The molecule has 5 nitrogen and oxygen atoms in total. The van der Waals surface area contributed by atoms with Crippen molar-refractivity contribution in [3.63, 3.8) is 0 Å². The third kappa shape index (κ3) is 6.67. The van der Waals surface area contributed by atoms with Gasteiger partial charge >= 0.3 is 6.09 Å². The predicted molar refractivity (Wildman–Crippen MR) is 98.1 cm³/mol. The van der Waals surface area contributed by atoms with Crippen LogP contribution in [0.3, 0.4) is 0 Å². The van der Waals surface area contributed by atoms with Gasteiger partial charge in [0.05, 0.1) is 0 Å². The van der Waals surface area contributed by atoms with Gasteiger partial charge in [-0.15, -0.1) is 0 Å². The summed E-state index contributed by atoms with van der Waals surface area (Å²) in [7, 11) is 0. The average Bonchev–Trinajstić information content (AvgIpc) is 2.65. The van der Waals surface area contributed by atoms with E-state index < -0.39 is 12.1 Å². The van der Waals surface area contributed by atoms with Gasteiger partial charge < -0.3 is 15.4 Å². The van der Waals surface area contributed by atoms with E-state index in [1.165, 1.54) is 0 Å². The van der Waals surface area contributed by atoms with Gasteiger partial charge in [0.25, 0.3) is 0 Å². The molecule has 2 N–H and O–H groups in total. The standard InChI is InChI=1S/C20H24N2O3/c1-2-3-14-18(19(23)21-17-12-8-5-9-13-17)22-20(24)25-15-16-10-6-4-7-11-16/h4-13,18H,2-3,14-15H2,1H3,(H,21,23)(H,22,24). The van der Waals surface area contributed by atoms with Gasteiger partial charge in [-0.1, -0.05) is 68.3 Å². The Hall–Kier alpha value is -2.82. The van der Waals surface area contributed by atoms with Gasteiger partial charge in [0, 0.05) is 5.69 Å². The highest BCUT2D eigenvalue weighted by Gasteiger charge is 2.21. The number of carbonyl (C=O) groups excluding carboxylic acids is 2. The van der Waals surface area contributed by atoms with Crippen LogP contribution in [0.25, 0.3) is 0 Å². The van der Waals surface area contributed by atoms with E-state index in [-0.39, 0.29) is 12.5 Å². The van der Waals surface area contributed by atoms with Crippen LogP contribution in [-0.4, -0.2) is 18.0 Å². The van der Waals surface area contributed by atoms with Crippen molar-refractivity contribution in [1.29, 1.82) is 0 Å². The Labute approximate surface area is 148 Å². The van der Waals surface area contributed by atoms with Crippen molar-refractivity contribution in [1.82, 2.24) is 5.32 Å². The molecule has 2 aromatic rings. The lowest BCUT2D eigenvalue weighted by Gasteiger charge is -2.18. The minimum atomic E-state index is -0.622. The van der Waals surface area contributed by atoms with Crippen LogP contribution in [0.15, 0.2) is 60.7 Å². The molecule has 2 rings (SSSR count). The molecule has 0 heterocycles. The van der Waals surface area contributed by atoms with Crippen molar-refractivity contribution in [2.45, 2.75) is 38.8 Å². The Morgan fingerprint density at radius 1 is 1.00 bits per heavy atom. The molecule has 0 aliphatic carbocycles. The summed E-state index contributed by atoms with van der Waals surface area (Å²) in [5, 5.41) is 5.49. The average molecular weight is 340 g/mol. The molecule has 25 heavy (non-hydrogen) atoms. The maximum Gasteiger partial charge on any atom is 0.408 e. The summed E-state index contributed by atoms with van der Waals surface area (Å²) in [4.78, 5) is 24.5. The molecule has 5 heteroatoms. The van der Waals surface area contributed by atoms with Crippen molar-refractivity contribution < 1.29 is 14.3 Å². The lowest BCUT2D eigenvalue weighted by molar-refractivity contribution is -0.118. The zero-order valence-corrected chi connectivity index (χ0v) is 14.4. The summed E-state index contributed by atoms with van der Waals surface area (Å²) in [6, 6.07) is 18.0. The monoisotopic (exact) mass is 340 g/mol. The number of carbonyl (C=O) groups is 2. The first kappa shape index (κ1) is 18.5. The maximum absolute atomic E-state index is 12.4. The van der Waals surface area contributed by atoms with Crippen molar-refractivity contribution >= 4 is 17.7 Å². The molecule has 0 aliphatic rings. The second-order valence-corrected chi connectivity index (χ2v) is 5.76. The Morgan fingerprint density at radius 3 is 2.28 bits per heavy atom. The van der Waals surface area contributed by atoms with Gasteiger partial charge in [0.1, 0.15) is 12.6 Å². The summed E-state index contributed by atoms with van der Waals surface area (Å²) >= 11 is 0. The zero-order valence-electron chi connectivity index (χ0n) is 14.4. The topological polar surface area (TPSA) is 67.4 Å². The summed E-state index contributed by atoms with van der Waals surface area (Å²) in [6.45, 7) is 2.22. The highest BCUT2D eigenvalue weighted by atomic mass is 16.5. The first-order chi connectivity index (χ1) is 12.2. The van der Waals surface area contributed by atoms with E-state index in [1.807, 2.05) is 67.6 Å². The van der Waals surface area contributed by atoms with Crippen LogP contribution in [0, 0.1) is 0 Å². The molecule has 0 bridgehead atoms. The van der Waals surface area contributed by atoms with E-state index >= 15 is 0 Å². The zero-order chi connectivity index (χ0) is 17.9. The summed E-state index contributed by atoms with van der Waals surface area (Å²) in [5.74, 6) is -0.240. The number of anilines is 1. The molecule has 0 aromatic heterocycles. The Kier molecular flexibility index (Phi) is 7.50. The van der Waals surface area contributed by atoms with Crippen molar-refractivity contribution in [2.75, 3.05) is 5.32 Å². The van der Waals surface area contributed by atoms with E-state index in [1.54, 1.807) is 0 Å². The molecule has 0 saturated carbocycles. The van der Waals surface area contributed by atoms with Gasteiger partial charge in [-0.05, 0) is 24.1 Å². The van der Waals surface area contributed by atoms with Gasteiger partial charge in [-0.2, -0.15) is 0 Å². The number of alkyl carbamates (subject to hydrolysis) is 1. The van der Waals surface area contributed by atoms with Gasteiger partial charge in [-0.25, -0.2) is 4.79 Å². The number of nitrogens with one attached hydrogen (secondary N) is 2. The number of amides is 2. The fourth-order valence-electron chi connectivity index (χ4n) is 2.33. The van der Waals surface area contributed by atoms with Gasteiger partial charge in [-0.3, -0.25) is 4.79 Å². The molecule has 0 saturated heterocycles. The van der Waals surface area contributed by atoms with Crippen LogP contribution >= 0.6 is 0 Å². The number of unbranched alkanes of at least 4 members (excludes halogenated alkanes) is 1. The van der Waals surface area contributed by atoms with Crippen LogP contribution in [0.5, 0.6) is 0 Å². The summed E-state index contributed by atoms with van der Waals surface area (Å²) in [5.41, 5.74) is 1.60. The molecule has 0 aliphatic heterocycles. The van der Waals surface area contributed by atoms with Crippen LogP contribution in [0.1, 0.15) is 31.7 Å². The quantitative estimate of drug-likeness (QED) is 0.760. The largest absolute Gasteiger partial charge is 0.445 e. The van der Waals surface area contributed by atoms with E-state index in [9.17, 15) is 9.59 Å². The lowest BCUT2D eigenvalue weighted by atomic mass is 10.1. The molecular formula is C20H24N2O3. The van der Waals surface area contributed by atoms with Crippen molar-refractivity contribution in [2.24, 2.45) is 0 Å². The minimum Gasteiger partial charge on any atom is -0.445 e. The maximum atomic E-state index is 12.4. The normalized spacial score (nSPS) is 11.4. The number of para-hydroxylation sites is 1. The van der Waals surface area contributed by atoms with Crippen LogP contribution < -0.4 is 10.6 Å². The summed E-state index contributed by atoms with van der Waals surface area (Å²) < 4.78 is 5.21. The molecule has 1 unspecified atom stereocenters. The Bertz CT molecular complexity index is 659. The van der Waals surface area contributed by atoms with E-state index in [0.29, 0.717) is 12.1 Å². The first-order valence-electron chi connectivity index (χ1n) is 8.52. The lowest BCUT2D eigenvalue weighted by Crippen LogP contribution is -2.44. The fourth-order valence-corrected chi connectivity index (χ4v) is 2.33. The smallest absolute Gasteiger partial charge is 0.408 e. The molecule has 132 valence electrons. The fraction of sp³-hybridized carbons (Fsp3) is 0.300. The minimum absolute atomic E-state index is 0.174. The molecule has 0 spiro atoms. The third-order valence-corrected chi connectivity index (χ3v) is 3.71. The first-order valence-corrected chi connectivity index (χ1v) is 8.52. The number of benzene rings is 2. The van der Waals surface area contributed by atoms with Gasteiger partial charge in [0.2, 0.25) is 5.91 Å². The van der Waals surface area contributed by atoms with Crippen LogP contribution in [-0.2, 0) is 16.1 Å². The summed E-state index contributed by atoms with van der Waals surface area (Å²) in [6.07, 6.45) is 1.75. The number of ether oxygens (including phenoxy) is 1. The SMILES string of the molecule is CCCCC(NC(=O)OCc1ccccc1)C(=O)Nc1ccccc1. The molecule has 1 atom stereocenters. The highest BCUT2D eigenvalue weighted by molar-refractivity contribution is 5.96. The molecule has 0 fully saturated rings. The molecule has 2 aromatic carbocycles. The van der Waals surface area contributed by atoms with E-state index in [2.05, 4.69) is 10.6 Å². The predicted octanol–water partition coefficient (Wildman–Crippen LogP) is 4.11. The number of rotatable bonds is 8. The molecular weight excluding hydrogens is 316 g/mol. The van der Waals surface area contributed by atoms with Crippen LogP contribution in [0.4, 0.5) is 10.5 Å². The van der Waals surface area contributed by atoms with Gasteiger partial charge in [0.15, 0.2) is 0 Å². The highest BCUT2D eigenvalue weighted by Crippen LogP contribution is 2.09. The Balaban J connectivity index is 1.89. The van der Waals surface area contributed by atoms with Crippen molar-refractivity contribution in [3.8, 4) is 0 Å². The number of hydrogen-bond donors (Lipinski definition) is 2. The second kappa shape index (κ2) is 10.1. The van der Waals surface area contributed by atoms with Crippen LogP contribution in [0.2, 0.25) is 0 Å². The Morgan fingerprint density at radius 2 is 1.64 bits per heavy atom. The second-order valence-electron chi connectivity index (χ2n) is 5.76. The third-order valence-electron chi connectivity index (χ3n) is 3.71. The molecule has 2 amide bonds.